The van der Waals surface area contributed by atoms with Gasteiger partial charge in [0.1, 0.15) is 61.0 Å². The Morgan fingerprint density at radius 2 is 1.50 bits per heavy atom. The number of amides is 2. The number of carbonyl (C=O) groups excluding carboxylic acids is 2. The second-order valence-corrected chi connectivity index (χ2v) is 11.6. The third kappa shape index (κ3) is 8.28. The number of ether oxygens (including phenoxy) is 5. The zero-order chi connectivity index (χ0) is 34.7. The number of carbonyl (C=O) groups is 3. The van der Waals surface area contributed by atoms with Gasteiger partial charge in [0.15, 0.2) is 6.29 Å². The standard InChI is InChI=1S/C26H44N2O18/c1-8-15(27-9(2)31)19(37)22(13(6-30)43-8)45-24-21(39)20(38)18(36)14(44-24)7-42-26(25(40)41)4-11(33)16(28-10(3)32)23(46-26)17(35)12(34)5-29/h8,11-24,29-30,33-39H,4-7H2,1-3H3,(H,27,31)(H,28,32)(H,40,41)/t8-,11+,12+,13?,14?,15?,16+,17+,18-,19?,20?,21-,22+,23?,24-,26+/m0/s1. The Morgan fingerprint density at radius 1 is 0.891 bits per heavy atom. The average molecular weight is 673 g/mol. The average Bonchev–Trinajstić information content (AvgIpc) is 2.99. The molecule has 0 aromatic carbocycles. The summed E-state index contributed by atoms with van der Waals surface area (Å²) in [5, 5.41) is 108. The molecule has 20 heteroatoms. The lowest BCUT2D eigenvalue weighted by molar-refractivity contribution is -0.353. The maximum Gasteiger partial charge on any atom is 0.364 e. The molecule has 3 fully saturated rings. The van der Waals surface area contributed by atoms with Crippen molar-refractivity contribution in [3.63, 3.8) is 0 Å². The van der Waals surface area contributed by atoms with Gasteiger partial charge in [-0.15, -0.1) is 0 Å². The van der Waals surface area contributed by atoms with Crippen LogP contribution in [0.1, 0.15) is 27.2 Å². The minimum atomic E-state index is -2.81. The number of carboxylic acids is 1. The molecule has 3 rings (SSSR count). The van der Waals surface area contributed by atoms with Crippen LogP contribution in [0.15, 0.2) is 0 Å². The van der Waals surface area contributed by atoms with E-state index in [0.717, 1.165) is 6.92 Å². The van der Waals surface area contributed by atoms with E-state index in [-0.39, 0.29) is 0 Å². The van der Waals surface area contributed by atoms with Crippen molar-refractivity contribution in [3.05, 3.63) is 0 Å². The normalized spacial score (nSPS) is 42.9. The van der Waals surface area contributed by atoms with Crippen molar-refractivity contribution in [1.29, 1.82) is 0 Å². The molecule has 3 heterocycles. The zero-order valence-electron chi connectivity index (χ0n) is 25.2. The number of rotatable bonds is 12. The summed E-state index contributed by atoms with van der Waals surface area (Å²) in [6.07, 6.45) is -22.8. The predicted molar refractivity (Wildman–Crippen MR) is 145 cm³/mol. The molecule has 46 heavy (non-hydrogen) atoms. The highest BCUT2D eigenvalue weighted by Crippen LogP contribution is 2.35. The fourth-order valence-corrected chi connectivity index (χ4v) is 5.71. The summed E-state index contributed by atoms with van der Waals surface area (Å²) in [7, 11) is 0. The first kappa shape index (κ1) is 38.3. The molecule has 6 unspecified atom stereocenters. The van der Waals surface area contributed by atoms with E-state index in [1.807, 2.05) is 0 Å². The Balaban J connectivity index is 1.83. The van der Waals surface area contributed by atoms with Gasteiger partial charge >= 0.3 is 5.97 Å². The molecule has 0 radical (unpaired) electrons. The first-order valence-electron chi connectivity index (χ1n) is 14.5. The number of carboxylic acid groups (broad SMARTS) is 1. The van der Waals surface area contributed by atoms with E-state index in [1.54, 1.807) is 0 Å². The SMILES string of the molecule is CC(=O)NC1C(O)[C@H](O[C@@H]2OC(CO[C@]3(C(=O)O)C[C@@H](O)[C@@H](NC(C)=O)C([C@H](O)[C@H](O)CO)O3)[C@H](O)C(O)[C@@H]2O)C(CO)O[C@H]1C. The third-order valence-electron chi connectivity index (χ3n) is 8.14. The second kappa shape index (κ2) is 15.8. The minimum Gasteiger partial charge on any atom is -0.477 e. The molecule has 20 nitrogen and oxygen atoms in total. The Kier molecular flexibility index (Phi) is 13.2. The van der Waals surface area contributed by atoms with Crippen LogP contribution < -0.4 is 10.6 Å². The summed E-state index contributed by atoms with van der Waals surface area (Å²) in [4.78, 5) is 35.8. The maximum atomic E-state index is 12.4. The molecule has 3 aliphatic rings. The number of aliphatic hydroxyl groups excluding tert-OH is 9. The number of hydrogen-bond acceptors (Lipinski definition) is 17. The van der Waals surface area contributed by atoms with Crippen LogP contribution in [0.2, 0.25) is 0 Å². The van der Waals surface area contributed by atoms with Crippen LogP contribution in [-0.4, -0.2) is 186 Å². The zero-order valence-corrected chi connectivity index (χ0v) is 25.2. The van der Waals surface area contributed by atoms with E-state index in [0.29, 0.717) is 0 Å². The topological polar surface area (TPSA) is 324 Å². The van der Waals surface area contributed by atoms with E-state index in [2.05, 4.69) is 10.6 Å². The van der Waals surface area contributed by atoms with Crippen molar-refractivity contribution in [3.8, 4) is 0 Å². The third-order valence-corrected chi connectivity index (χ3v) is 8.14. The summed E-state index contributed by atoms with van der Waals surface area (Å²) < 4.78 is 27.9. The van der Waals surface area contributed by atoms with E-state index in [1.165, 1.54) is 13.8 Å². The van der Waals surface area contributed by atoms with Gasteiger partial charge in [-0.1, -0.05) is 0 Å². The lowest BCUT2D eigenvalue weighted by Gasteiger charge is -2.48. The smallest absolute Gasteiger partial charge is 0.364 e. The molecular formula is C26H44N2O18. The summed E-state index contributed by atoms with van der Waals surface area (Å²) >= 11 is 0. The van der Waals surface area contributed by atoms with E-state index in [9.17, 15) is 65.4 Å². The highest BCUT2D eigenvalue weighted by atomic mass is 16.8. The predicted octanol–water partition coefficient (Wildman–Crippen LogP) is -7.01. The van der Waals surface area contributed by atoms with E-state index >= 15 is 0 Å². The summed E-state index contributed by atoms with van der Waals surface area (Å²) in [5.41, 5.74) is 0. The maximum absolute atomic E-state index is 12.4. The monoisotopic (exact) mass is 672 g/mol. The van der Waals surface area contributed by atoms with Gasteiger partial charge in [-0.2, -0.15) is 0 Å². The van der Waals surface area contributed by atoms with E-state index in [4.69, 9.17) is 23.7 Å². The van der Waals surface area contributed by atoms with Crippen molar-refractivity contribution < 1.29 is 89.1 Å². The summed E-state index contributed by atoms with van der Waals surface area (Å²) in [6.45, 7) is 1.17. The largest absolute Gasteiger partial charge is 0.477 e. The highest BCUT2D eigenvalue weighted by Gasteiger charge is 2.57. The molecule has 3 saturated heterocycles. The molecule has 0 bridgehead atoms. The quantitative estimate of drug-likeness (QED) is 0.0916. The second-order valence-electron chi connectivity index (χ2n) is 11.6. The number of aliphatic hydroxyl groups is 9. The van der Waals surface area contributed by atoms with Crippen LogP contribution >= 0.6 is 0 Å². The van der Waals surface area contributed by atoms with Gasteiger partial charge in [-0.25, -0.2) is 4.79 Å². The van der Waals surface area contributed by atoms with Gasteiger partial charge in [0, 0.05) is 20.3 Å². The van der Waals surface area contributed by atoms with Crippen molar-refractivity contribution in [1.82, 2.24) is 10.6 Å². The highest BCUT2D eigenvalue weighted by molar-refractivity contribution is 5.76. The Hall–Kier alpha value is -2.15. The molecule has 0 aromatic rings. The Bertz CT molecular complexity index is 1050. The molecule has 0 spiro atoms. The van der Waals surface area contributed by atoms with Gasteiger partial charge < -0.3 is 85.4 Å². The Labute approximate surface area is 262 Å². The summed E-state index contributed by atoms with van der Waals surface area (Å²) in [6, 6.07) is -2.50. The molecule has 266 valence electrons. The Morgan fingerprint density at radius 3 is 2.04 bits per heavy atom. The fourth-order valence-electron chi connectivity index (χ4n) is 5.71. The van der Waals surface area contributed by atoms with Crippen LogP contribution in [0.25, 0.3) is 0 Å². The fraction of sp³-hybridized carbons (Fsp3) is 0.885. The first-order valence-corrected chi connectivity index (χ1v) is 14.5. The number of aliphatic carboxylic acids is 1. The van der Waals surface area contributed by atoms with Gasteiger partial charge in [-0.05, 0) is 6.92 Å². The van der Waals surface area contributed by atoms with Gasteiger partial charge in [0.05, 0.1) is 44.1 Å². The lowest BCUT2D eigenvalue weighted by atomic mass is 9.88. The van der Waals surface area contributed by atoms with Crippen LogP contribution in [0.4, 0.5) is 0 Å². The molecule has 0 saturated carbocycles. The van der Waals surface area contributed by atoms with Gasteiger partial charge in [0.2, 0.25) is 11.8 Å². The first-order chi connectivity index (χ1) is 21.5. The molecule has 0 aromatic heterocycles. The van der Waals surface area contributed by atoms with Crippen molar-refractivity contribution in [2.75, 3.05) is 19.8 Å². The summed E-state index contributed by atoms with van der Waals surface area (Å²) in [5.74, 6) is -5.89. The van der Waals surface area contributed by atoms with Crippen LogP contribution in [0, 0.1) is 0 Å². The van der Waals surface area contributed by atoms with Gasteiger partial charge in [0.25, 0.3) is 5.79 Å². The molecule has 2 amide bonds. The molecule has 0 aliphatic carbocycles. The van der Waals surface area contributed by atoms with Crippen molar-refractivity contribution >= 4 is 17.8 Å². The molecule has 3 aliphatic heterocycles. The molecule has 16 atom stereocenters. The molecule has 12 N–H and O–H groups in total. The molecular weight excluding hydrogens is 628 g/mol. The van der Waals surface area contributed by atoms with Crippen LogP contribution in [-0.2, 0) is 38.1 Å². The number of nitrogens with one attached hydrogen (secondary N) is 2. The van der Waals surface area contributed by atoms with Gasteiger partial charge in [-0.3, -0.25) is 9.59 Å². The van der Waals surface area contributed by atoms with E-state index < -0.39 is 141 Å². The van der Waals surface area contributed by atoms with Crippen LogP contribution in [0.3, 0.4) is 0 Å². The minimum absolute atomic E-state index is 0.517. The van der Waals surface area contributed by atoms with Crippen molar-refractivity contribution in [2.45, 2.75) is 125 Å². The van der Waals surface area contributed by atoms with Crippen molar-refractivity contribution in [2.24, 2.45) is 0 Å². The number of hydrogen-bond donors (Lipinski definition) is 12. The lowest BCUT2D eigenvalue weighted by Crippen LogP contribution is -2.68. The van der Waals surface area contributed by atoms with Crippen LogP contribution in [0.5, 0.6) is 0 Å².